The lowest BCUT2D eigenvalue weighted by Gasteiger charge is -2.12. The molecule has 86 valence electrons. The van der Waals surface area contributed by atoms with Gasteiger partial charge in [0.25, 0.3) is 0 Å². The smallest absolute Gasteiger partial charge is 0.126 e. The van der Waals surface area contributed by atoms with Gasteiger partial charge in [0.15, 0.2) is 0 Å². The Morgan fingerprint density at radius 1 is 1.06 bits per heavy atom. The van der Waals surface area contributed by atoms with Gasteiger partial charge in [-0.25, -0.2) is 0 Å². The number of hydrogen-bond donors (Lipinski definition) is 1. The van der Waals surface area contributed by atoms with Crippen LogP contribution >= 0.6 is 12.4 Å². The third-order valence-corrected chi connectivity index (χ3v) is 2.63. The fraction of sp³-hybridized carbons (Fsp3) is 0.231. The first-order chi connectivity index (χ1) is 7.24. The highest BCUT2D eigenvalue weighted by molar-refractivity contribution is 5.91. The quantitative estimate of drug-likeness (QED) is 0.870. The molecule has 0 unspecified atom stereocenters. The molecule has 2 nitrogen and oxygen atoms in total. The van der Waals surface area contributed by atoms with Crippen LogP contribution in [-0.4, -0.2) is 7.11 Å². The van der Waals surface area contributed by atoms with E-state index >= 15 is 0 Å². The van der Waals surface area contributed by atoms with Gasteiger partial charge < -0.3 is 10.5 Å². The molecule has 0 saturated carbocycles. The van der Waals surface area contributed by atoms with Crippen LogP contribution < -0.4 is 10.5 Å². The van der Waals surface area contributed by atoms with Crippen LogP contribution in [0.15, 0.2) is 36.4 Å². The fourth-order valence-corrected chi connectivity index (χ4v) is 1.87. The molecule has 3 heteroatoms. The van der Waals surface area contributed by atoms with Gasteiger partial charge in [0, 0.05) is 11.4 Å². The Balaban J connectivity index is 0.00000128. The van der Waals surface area contributed by atoms with Crippen LogP contribution in [0.3, 0.4) is 0 Å². The predicted molar refractivity (Wildman–Crippen MR) is 70.4 cm³/mol. The Bertz CT molecular complexity index is 482. The molecule has 0 aromatic heterocycles. The molecule has 0 fully saturated rings. The van der Waals surface area contributed by atoms with E-state index in [2.05, 4.69) is 12.1 Å². The van der Waals surface area contributed by atoms with Crippen molar-refractivity contribution in [1.82, 2.24) is 0 Å². The van der Waals surface area contributed by atoms with E-state index < -0.39 is 0 Å². The second-order valence-electron chi connectivity index (χ2n) is 3.69. The van der Waals surface area contributed by atoms with Crippen molar-refractivity contribution in [1.29, 1.82) is 0 Å². The van der Waals surface area contributed by atoms with Gasteiger partial charge >= 0.3 is 0 Å². The van der Waals surface area contributed by atoms with Crippen molar-refractivity contribution in [2.24, 2.45) is 5.73 Å². The Morgan fingerprint density at radius 2 is 1.69 bits per heavy atom. The summed E-state index contributed by atoms with van der Waals surface area (Å²) in [5.41, 5.74) is 7.09. The van der Waals surface area contributed by atoms with E-state index in [9.17, 15) is 0 Å². The monoisotopic (exact) mass is 237 g/mol. The largest absolute Gasteiger partial charge is 0.496 e. The topological polar surface area (TPSA) is 35.2 Å². The zero-order valence-electron chi connectivity index (χ0n) is 9.44. The summed E-state index contributed by atoms with van der Waals surface area (Å²) in [4.78, 5) is 0. The minimum Gasteiger partial charge on any atom is -0.496 e. The van der Waals surface area contributed by atoms with Crippen LogP contribution in [0, 0.1) is 0 Å². The van der Waals surface area contributed by atoms with E-state index in [1.54, 1.807) is 7.11 Å². The molecular weight excluding hydrogens is 222 g/mol. The number of halogens is 1. The van der Waals surface area contributed by atoms with Gasteiger partial charge in [-0.05, 0) is 23.9 Å². The molecule has 0 bridgehead atoms. The zero-order chi connectivity index (χ0) is 10.8. The number of fused-ring (bicyclic) bond motifs is 1. The summed E-state index contributed by atoms with van der Waals surface area (Å²) in [7, 11) is 1.69. The maximum absolute atomic E-state index is 5.93. The highest BCUT2D eigenvalue weighted by Gasteiger charge is 2.08. The van der Waals surface area contributed by atoms with E-state index in [0.29, 0.717) is 0 Å². The number of benzene rings is 2. The molecule has 0 aliphatic rings. The summed E-state index contributed by atoms with van der Waals surface area (Å²) in [6, 6.07) is 12.2. The number of ether oxygens (including phenoxy) is 1. The molecule has 0 aliphatic carbocycles. The molecule has 2 aromatic carbocycles. The normalized spacial score (nSPS) is 11.9. The SMILES string of the molecule is COc1ccc([C@@H](C)N)c2ccccc12.Cl. The summed E-state index contributed by atoms with van der Waals surface area (Å²) >= 11 is 0. The number of methoxy groups -OCH3 is 1. The standard InChI is InChI=1S/C13H15NO.ClH/c1-9(14)10-7-8-13(15-2)12-6-4-3-5-11(10)12;/h3-9H,14H2,1-2H3;1H/t9-;/m1./s1. The van der Waals surface area contributed by atoms with Crippen LogP contribution in [0.1, 0.15) is 18.5 Å². The third-order valence-electron chi connectivity index (χ3n) is 2.63. The van der Waals surface area contributed by atoms with Crippen molar-refractivity contribution in [2.45, 2.75) is 13.0 Å². The van der Waals surface area contributed by atoms with Crippen LogP contribution in [0.25, 0.3) is 10.8 Å². The maximum atomic E-state index is 5.93. The summed E-state index contributed by atoms with van der Waals surface area (Å²) < 4.78 is 5.32. The molecule has 0 spiro atoms. The van der Waals surface area contributed by atoms with Crippen molar-refractivity contribution >= 4 is 23.2 Å². The van der Waals surface area contributed by atoms with Crippen LogP contribution in [0.4, 0.5) is 0 Å². The first kappa shape index (κ1) is 12.8. The van der Waals surface area contributed by atoms with E-state index in [1.165, 1.54) is 5.39 Å². The molecule has 0 heterocycles. The van der Waals surface area contributed by atoms with E-state index in [1.807, 2.05) is 31.2 Å². The van der Waals surface area contributed by atoms with E-state index in [0.717, 1.165) is 16.7 Å². The predicted octanol–water partition coefficient (Wildman–Crippen LogP) is 3.29. The molecule has 2 N–H and O–H groups in total. The summed E-state index contributed by atoms with van der Waals surface area (Å²) in [6.07, 6.45) is 0. The molecule has 0 radical (unpaired) electrons. The lowest BCUT2D eigenvalue weighted by Crippen LogP contribution is -2.05. The van der Waals surface area contributed by atoms with Gasteiger partial charge in [0.05, 0.1) is 7.11 Å². The van der Waals surface area contributed by atoms with Crippen LogP contribution in [0.2, 0.25) is 0 Å². The maximum Gasteiger partial charge on any atom is 0.126 e. The van der Waals surface area contributed by atoms with Gasteiger partial charge in [0.2, 0.25) is 0 Å². The molecule has 2 rings (SSSR count). The Hall–Kier alpha value is -1.25. The fourth-order valence-electron chi connectivity index (χ4n) is 1.87. The molecule has 0 saturated heterocycles. The second kappa shape index (κ2) is 5.19. The first-order valence-electron chi connectivity index (χ1n) is 5.05. The van der Waals surface area contributed by atoms with Gasteiger partial charge in [-0.15, -0.1) is 12.4 Å². The van der Waals surface area contributed by atoms with Crippen molar-refractivity contribution in [3.63, 3.8) is 0 Å². The number of hydrogen-bond acceptors (Lipinski definition) is 2. The minimum absolute atomic E-state index is 0. The molecule has 2 aromatic rings. The molecule has 1 atom stereocenters. The average molecular weight is 238 g/mol. The lowest BCUT2D eigenvalue weighted by atomic mass is 9.99. The van der Waals surface area contributed by atoms with Gasteiger partial charge in [-0.1, -0.05) is 30.3 Å². The van der Waals surface area contributed by atoms with Gasteiger partial charge in [0.1, 0.15) is 5.75 Å². The van der Waals surface area contributed by atoms with Crippen molar-refractivity contribution < 1.29 is 4.74 Å². The molecular formula is C13H16ClNO. The van der Waals surface area contributed by atoms with E-state index in [4.69, 9.17) is 10.5 Å². The Kier molecular flexibility index (Phi) is 4.16. The first-order valence-corrected chi connectivity index (χ1v) is 5.05. The summed E-state index contributed by atoms with van der Waals surface area (Å²) in [5, 5.41) is 2.29. The van der Waals surface area contributed by atoms with Crippen molar-refractivity contribution in [2.75, 3.05) is 7.11 Å². The molecule has 0 amide bonds. The summed E-state index contributed by atoms with van der Waals surface area (Å²) in [6.45, 7) is 1.99. The number of rotatable bonds is 2. The Labute approximate surface area is 102 Å². The van der Waals surface area contributed by atoms with Crippen LogP contribution in [0.5, 0.6) is 5.75 Å². The second-order valence-corrected chi connectivity index (χ2v) is 3.69. The third kappa shape index (κ3) is 2.13. The minimum atomic E-state index is 0. The number of nitrogens with two attached hydrogens (primary N) is 1. The van der Waals surface area contributed by atoms with Gasteiger partial charge in [-0.3, -0.25) is 0 Å². The highest BCUT2D eigenvalue weighted by atomic mass is 35.5. The van der Waals surface area contributed by atoms with E-state index in [-0.39, 0.29) is 18.4 Å². The lowest BCUT2D eigenvalue weighted by molar-refractivity contribution is 0.419. The molecule has 0 aliphatic heterocycles. The highest BCUT2D eigenvalue weighted by Crippen LogP contribution is 2.30. The molecule has 16 heavy (non-hydrogen) atoms. The zero-order valence-corrected chi connectivity index (χ0v) is 10.3. The Morgan fingerprint density at radius 3 is 2.25 bits per heavy atom. The summed E-state index contributed by atoms with van der Waals surface area (Å²) in [5.74, 6) is 0.898. The van der Waals surface area contributed by atoms with Crippen molar-refractivity contribution in [3.05, 3.63) is 42.0 Å². The average Bonchev–Trinajstić information content (AvgIpc) is 2.27. The van der Waals surface area contributed by atoms with Crippen molar-refractivity contribution in [3.8, 4) is 5.75 Å². The van der Waals surface area contributed by atoms with Gasteiger partial charge in [-0.2, -0.15) is 0 Å². The van der Waals surface area contributed by atoms with Crippen LogP contribution in [-0.2, 0) is 0 Å².